The zero-order valence-electron chi connectivity index (χ0n) is 17.3. The largest absolute Gasteiger partial charge is 0.462 e. The summed E-state index contributed by atoms with van der Waals surface area (Å²) in [4.78, 5) is 37.3. The molecule has 0 radical (unpaired) electrons. The van der Waals surface area contributed by atoms with Crippen molar-refractivity contribution in [1.29, 1.82) is 0 Å². The Labute approximate surface area is 191 Å². The smallest absolute Gasteiger partial charge is 0.350 e. The van der Waals surface area contributed by atoms with Gasteiger partial charge in [-0.3, -0.25) is 4.79 Å². The van der Waals surface area contributed by atoms with Gasteiger partial charge in [0.15, 0.2) is 10.3 Å². The van der Waals surface area contributed by atoms with E-state index in [1.807, 2.05) is 19.9 Å². The first-order valence-electron chi connectivity index (χ1n) is 9.18. The molecule has 3 heterocycles. The van der Waals surface area contributed by atoms with Gasteiger partial charge >= 0.3 is 5.97 Å². The van der Waals surface area contributed by atoms with Crippen LogP contribution in [0.5, 0.6) is 0 Å². The maximum absolute atomic E-state index is 12.2. The SMILES string of the molecule is CCOC(=O)c1sc(NC(=O)CSc2nnc(CSc3nc(C)cc(C)n3)o2)nc1C. The molecule has 0 fully saturated rings. The number of hydrogen-bond acceptors (Lipinski definition) is 12. The lowest BCUT2D eigenvalue weighted by atomic mass is 10.4. The average molecular weight is 481 g/mol. The Morgan fingerprint density at radius 1 is 1.13 bits per heavy atom. The molecule has 0 aliphatic heterocycles. The zero-order valence-corrected chi connectivity index (χ0v) is 19.7. The van der Waals surface area contributed by atoms with Crippen LogP contribution in [0.15, 0.2) is 20.9 Å². The van der Waals surface area contributed by atoms with Gasteiger partial charge in [0.1, 0.15) is 4.88 Å². The van der Waals surface area contributed by atoms with Gasteiger partial charge in [0.2, 0.25) is 11.8 Å². The number of nitrogens with zero attached hydrogens (tertiary/aromatic N) is 5. The van der Waals surface area contributed by atoms with Gasteiger partial charge in [0.25, 0.3) is 5.22 Å². The second-order valence-corrected chi connectivity index (χ2v) is 9.04. The first kappa shape index (κ1) is 23.2. The van der Waals surface area contributed by atoms with Crippen LogP contribution < -0.4 is 5.32 Å². The van der Waals surface area contributed by atoms with E-state index in [9.17, 15) is 9.59 Å². The van der Waals surface area contributed by atoms with Crippen LogP contribution >= 0.6 is 34.9 Å². The van der Waals surface area contributed by atoms with Gasteiger partial charge in [-0.15, -0.1) is 10.2 Å². The quantitative estimate of drug-likeness (QED) is 0.274. The third kappa shape index (κ3) is 6.74. The molecule has 0 bridgehead atoms. The summed E-state index contributed by atoms with van der Waals surface area (Å²) in [6.45, 7) is 7.52. The number of anilines is 1. The molecule has 0 aromatic carbocycles. The first-order chi connectivity index (χ1) is 14.8. The highest BCUT2D eigenvalue weighted by molar-refractivity contribution is 7.99. The minimum Gasteiger partial charge on any atom is -0.462 e. The van der Waals surface area contributed by atoms with Crippen LogP contribution in [0.4, 0.5) is 5.13 Å². The third-order valence-corrected chi connectivity index (χ3v) is 6.27. The number of nitrogens with one attached hydrogen (secondary N) is 1. The zero-order chi connectivity index (χ0) is 22.4. The van der Waals surface area contributed by atoms with Gasteiger partial charge in [-0.25, -0.2) is 19.7 Å². The molecule has 13 heteroatoms. The van der Waals surface area contributed by atoms with Gasteiger partial charge in [0, 0.05) is 11.4 Å². The van der Waals surface area contributed by atoms with Crippen molar-refractivity contribution < 1.29 is 18.7 Å². The molecule has 3 aromatic heterocycles. The van der Waals surface area contributed by atoms with Crippen LogP contribution in [-0.4, -0.2) is 49.4 Å². The highest BCUT2D eigenvalue weighted by Crippen LogP contribution is 2.25. The Kier molecular flexibility index (Phi) is 7.98. The van der Waals surface area contributed by atoms with Crippen LogP contribution in [0.2, 0.25) is 0 Å². The predicted molar refractivity (Wildman–Crippen MR) is 118 cm³/mol. The maximum Gasteiger partial charge on any atom is 0.350 e. The topological polar surface area (TPSA) is 133 Å². The summed E-state index contributed by atoms with van der Waals surface area (Å²) in [5, 5.41) is 11.9. The minimum atomic E-state index is -0.449. The highest BCUT2D eigenvalue weighted by atomic mass is 32.2. The molecule has 0 spiro atoms. The molecule has 1 N–H and O–H groups in total. The summed E-state index contributed by atoms with van der Waals surface area (Å²) >= 11 is 3.59. The summed E-state index contributed by atoms with van der Waals surface area (Å²) in [5.74, 6) is 0.159. The summed E-state index contributed by atoms with van der Waals surface area (Å²) in [6.07, 6.45) is 0. The Morgan fingerprint density at radius 3 is 2.58 bits per heavy atom. The molecule has 1 amide bonds. The second-order valence-electron chi connectivity index (χ2n) is 6.17. The summed E-state index contributed by atoms with van der Waals surface area (Å²) in [6, 6.07) is 1.90. The van der Waals surface area contributed by atoms with Crippen LogP contribution in [0.25, 0.3) is 0 Å². The summed E-state index contributed by atoms with van der Waals surface area (Å²) < 4.78 is 10.5. The fourth-order valence-corrected chi connectivity index (χ4v) is 4.60. The number of hydrogen-bond donors (Lipinski definition) is 1. The van der Waals surface area contributed by atoms with E-state index >= 15 is 0 Å². The molecule has 3 aromatic rings. The monoisotopic (exact) mass is 480 g/mol. The van der Waals surface area contributed by atoms with E-state index in [2.05, 4.69) is 30.5 Å². The van der Waals surface area contributed by atoms with Crippen molar-refractivity contribution >= 4 is 51.9 Å². The molecule has 3 rings (SSSR count). The van der Waals surface area contributed by atoms with Crippen LogP contribution in [-0.2, 0) is 15.3 Å². The Hall–Kier alpha value is -2.51. The molecule has 0 saturated heterocycles. The fourth-order valence-electron chi connectivity index (χ4n) is 2.36. The number of esters is 1. The lowest BCUT2D eigenvalue weighted by molar-refractivity contribution is -0.113. The molecule has 10 nitrogen and oxygen atoms in total. The highest BCUT2D eigenvalue weighted by Gasteiger charge is 2.18. The molecule has 164 valence electrons. The van der Waals surface area contributed by atoms with E-state index < -0.39 is 5.97 Å². The normalized spacial score (nSPS) is 10.8. The molecule has 0 unspecified atom stereocenters. The molecule has 0 atom stereocenters. The Bertz CT molecular complexity index is 1060. The van der Waals surface area contributed by atoms with Crippen LogP contribution in [0.3, 0.4) is 0 Å². The van der Waals surface area contributed by atoms with Crippen molar-refractivity contribution in [3.8, 4) is 0 Å². The summed E-state index contributed by atoms with van der Waals surface area (Å²) in [7, 11) is 0. The number of aromatic nitrogens is 5. The molecular weight excluding hydrogens is 460 g/mol. The number of rotatable bonds is 9. The predicted octanol–water partition coefficient (Wildman–Crippen LogP) is 3.44. The number of amides is 1. The van der Waals surface area contributed by atoms with Crippen LogP contribution in [0.1, 0.15) is 39.6 Å². The van der Waals surface area contributed by atoms with Crippen molar-refractivity contribution in [3.05, 3.63) is 33.9 Å². The number of ether oxygens (including phenoxy) is 1. The number of aryl methyl sites for hydroxylation is 3. The first-order valence-corrected chi connectivity index (χ1v) is 12.0. The van der Waals surface area contributed by atoms with E-state index in [4.69, 9.17) is 9.15 Å². The molecule has 0 saturated carbocycles. The van der Waals surface area contributed by atoms with E-state index in [0.717, 1.165) is 34.5 Å². The average Bonchev–Trinajstić information content (AvgIpc) is 3.30. The minimum absolute atomic E-state index is 0.0579. The van der Waals surface area contributed by atoms with E-state index in [0.29, 0.717) is 32.5 Å². The lowest BCUT2D eigenvalue weighted by Crippen LogP contribution is -2.13. The lowest BCUT2D eigenvalue weighted by Gasteiger charge is -2.00. The van der Waals surface area contributed by atoms with Gasteiger partial charge < -0.3 is 14.5 Å². The van der Waals surface area contributed by atoms with E-state index in [-0.39, 0.29) is 23.5 Å². The van der Waals surface area contributed by atoms with Gasteiger partial charge in [-0.05, 0) is 33.8 Å². The number of thiazole rings is 1. The fraction of sp³-hybridized carbons (Fsp3) is 0.389. The maximum atomic E-state index is 12.2. The summed E-state index contributed by atoms with van der Waals surface area (Å²) in [5.41, 5.74) is 2.30. The molecule has 0 aliphatic rings. The molecule has 31 heavy (non-hydrogen) atoms. The van der Waals surface area contributed by atoms with Crippen molar-refractivity contribution in [2.24, 2.45) is 0 Å². The molecular formula is C18H20N6O4S3. The van der Waals surface area contributed by atoms with Crippen molar-refractivity contribution in [2.45, 2.75) is 43.8 Å². The van der Waals surface area contributed by atoms with Crippen LogP contribution in [0, 0.1) is 20.8 Å². The molecule has 0 aliphatic carbocycles. The number of thioether (sulfide) groups is 2. The van der Waals surface area contributed by atoms with Crippen molar-refractivity contribution in [2.75, 3.05) is 17.7 Å². The van der Waals surface area contributed by atoms with Crippen molar-refractivity contribution in [3.63, 3.8) is 0 Å². The second kappa shape index (κ2) is 10.7. The van der Waals surface area contributed by atoms with Gasteiger partial charge in [-0.1, -0.05) is 34.9 Å². The standard InChI is InChI=1S/C18H20N6O4S3/c1-5-27-15(26)14-11(4)21-17(31-14)22-12(25)7-30-18-24-23-13(28-18)8-29-16-19-9(2)6-10(3)20-16/h6H,5,7-8H2,1-4H3,(H,21,22,25). The number of carbonyl (C=O) groups excluding carboxylic acids is 2. The Morgan fingerprint density at radius 2 is 1.87 bits per heavy atom. The van der Waals surface area contributed by atoms with Crippen molar-refractivity contribution in [1.82, 2.24) is 25.1 Å². The third-order valence-electron chi connectivity index (χ3n) is 3.57. The Balaban J connectivity index is 1.48. The van der Waals surface area contributed by atoms with E-state index in [1.54, 1.807) is 13.8 Å². The van der Waals surface area contributed by atoms with Gasteiger partial charge in [-0.2, -0.15) is 0 Å². The van der Waals surface area contributed by atoms with Gasteiger partial charge in [0.05, 0.1) is 23.8 Å². The van der Waals surface area contributed by atoms with E-state index in [1.165, 1.54) is 11.8 Å². The number of carbonyl (C=O) groups is 2.